The normalized spacial score (nSPS) is 13.2. The second kappa shape index (κ2) is 8.55. The molecule has 0 radical (unpaired) electrons. The molecule has 130 valence electrons. The summed E-state index contributed by atoms with van der Waals surface area (Å²) in [6.45, 7) is 18.2. The number of rotatable bonds is 10. The summed E-state index contributed by atoms with van der Waals surface area (Å²) in [5, 5.41) is 0. The molecule has 0 heterocycles. The first kappa shape index (κ1) is 21.7. The van der Waals surface area contributed by atoms with Gasteiger partial charge in [0.15, 0.2) is 27.1 Å². The molecule has 0 saturated carbocycles. The molecule has 0 amide bonds. The Morgan fingerprint density at radius 1 is 1.09 bits per heavy atom. The lowest BCUT2D eigenvalue weighted by Gasteiger charge is -2.41. The van der Waals surface area contributed by atoms with Crippen LogP contribution < -0.4 is 0 Å². The van der Waals surface area contributed by atoms with Crippen LogP contribution in [0, 0.1) is 0 Å². The average Bonchev–Trinajstić information content (AvgIpc) is 2.29. The van der Waals surface area contributed by atoms with Crippen LogP contribution in [0.4, 0.5) is 0 Å². The smallest absolute Gasteiger partial charge is 0.333 e. The number of hydrogen-bond acceptors (Lipinski definition) is 5. The minimum Gasteiger partial charge on any atom is -0.462 e. The lowest BCUT2D eigenvalue weighted by atomic mass is 10.3. The van der Waals surface area contributed by atoms with E-state index < -0.39 is 22.6 Å². The molecular weight excluding hydrogens is 332 g/mol. The SMILES string of the molecule is C=C(C)C(=O)OCCCC(O[SiH3])(O[Si](C)(C)C)O[Si](C)(C)C. The van der Waals surface area contributed by atoms with Crippen LogP contribution in [0.2, 0.25) is 39.3 Å². The van der Waals surface area contributed by atoms with E-state index in [-0.39, 0.29) is 5.97 Å². The third-order valence-electron chi connectivity index (χ3n) is 2.44. The number of carbonyl (C=O) groups is 1. The lowest BCUT2D eigenvalue weighted by molar-refractivity contribution is -0.268. The summed E-state index contributed by atoms with van der Waals surface area (Å²) in [4.78, 5) is 11.4. The molecule has 0 aliphatic heterocycles. The molecule has 0 saturated heterocycles. The van der Waals surface area contributed by atoms with Crippen LogP contribution in [-0.2, 0) is 22.8 Å². The number of ether oxygens (including phenoxy) is 1. The van der Waals surface area contributed by atoms with Crippen molar-refractivity contribution in [2.24, 2.45) is 0 Å². The van der Waals surface area contributed by atoms with Gasteiger partial charge in [0.2, 0.25) is 0 Å². The van der Waals surface area contributed by atoms with E-state index in [2.05, 4.69) is 45.9 Å². The van der Waals surface area contributed by atoms with Crippen molar-refractivity contribution < 1.29 is 22.8 Å². The summed E-state index contributed by atoms with van der Waals surface area (Å²) in [5.41, 5.74) is 0.405. The van der Waals surface area contributed by atoms with Gasteiger partial charge in [0.25, 0.3) is 5.97 Å². The third kappa shape index (κ3) is 9.70. The Morgan fingerprint density at radius 3 is 1.86 bits per heavy atom. The Kier molecular flexibility index (Phi) is 8.45. The van der Waals surface area contributed by atoms with Crippen molar-refractivity contribution in [3.8, 4) is 0 Å². The molecule has 0 aliphatic carbocycles. The molecule has 0 aromatic heterocycles. The standard InChI is InChI=1S/C14H32O5Si3/c1-12(2)13(15)16-11-9-10-14(17-20,18-21(3,4)5)19-22(6,7)8/h1,9-11H2,2-8,20H3. The molecule has 0 unspecified atom stereocenters. The number of carbonyl (C=O) groups excluding carboxylic acids is 1. The van der Waals surface area contributed by atoms with Gasteiger partial charge in [0.05, 0.1) is 6.61 Å². The summed E-state index contributed by atoms with van der Waals surface area (Å²) < 4.78 is 23.3. The summed E-state index contributed by atoms with van der Waals surface area (Å²) in [5.74, 6) is -1.36. The van der Waals surface area contributed by atoms with Crippen LogP contribution in [0.25, 0.3) is 0 Å². The van der Waals surface area contributed by atoms with Gasteiger partial charge in [-0.3, -0.25) is 0 Å². The van der Waals surface area contributed by atoms with Crippen LogP contribution in [0.1, 0.15) is 19.8 Å². The molecule has 8 heteroatoms. The maximum absolute atomic E-state index is 11.4. The molecule has 0 N–H and O–H groups in total. The predicted molar refractivity (Wildman–Crippen MR) is 97.6 cm³/mol. The molecule has 0 spiro atoms. The first-order valence-electron chi connectivity index (χ1n) is 7.58. The summed E-state index contributed by atoms with van der Waals surface area (Å²) in [6.07, 6.45) is 1.17. The highest BCUT2D eigenvalue weighted by molar-refractivity contribution is 6.71. The fourth-order valence-corrected chi connectivity index (χ4v) is 4.93. The first-order valence-corrected chi connectivity index (χ1v) is 15.2. The number of esters is 1. The van der Waals surface area contributed by atoms with Crippen molar-refractivity contribution in [1.82, 2.24) is 0 Å². The fourth-order valence-electron chi connectivity index (χ4n) is 1.82. The third-order valence-corrected chi connectivity index (χ3v) is 4.91. The Balaban J connectivity index is 4.78. The average molecular weight is 365 g/mol. The van der Waals surface area contributed by atoms with E-state index >= 15 is 0 Å². The van der Waals surface area contributed by atoms with Gasteiger partial charge in [0, 0.05) is 12.0 Å². The van der Waals surface area contributed by atoms with E-state index in [4.69, 9.17) is 18.0 Å². The molecular formula is C14H32O5Si3. The zero-order valence-electron chi connectivity index (χ0n) is 15.4. The molecule has 0 fully saturated rings. The van der Waals surface area contributed by atoms with Gasteiger partial charge >= 0.3 is 5.97 Å². The predicted octanol–water partition coefficient (Wildman–Crippen LogP) is 2.54. The zero-order valence-corrected chi connectivity index (χ0v) is 19.4. The quantitative estimate of drug-likeness (QED) is 0.196. The molecule has 0 aliphatic rings. The minimum atomic E-state index is -1.84. The Labute approximate surface area is 140 Å². The van der Waals surface area contributed by atoms with Gasteiger partial charge in [-0.05, 0) is 52.6 Å². The number of hydrogen-bond donors (Lipinski definition) is 0. The van der Waals surface area contributed by atoms with E-state index in [1.807, 2.05) is 0 Å². The van der Waals surface area contributed by atoms with Crippen LogP contribution in [0.15, 0.2) is 12.2 Å². The van der Waals surface area contributed by atoms with Crippen molar-refractivity contribution in [3.05, 3.63) is 12.2 Å². The van der Waals surface area contributed by atoms with Gasteiger partial charge in [-0.15, -0.1) is 0 Å². The van der Waals surface area contributed by atoms with E-state index in [0.717, 1.165) is 0 Å². The fraction of sp³-hybridized carbons (Fsp3) is 0.786. The van der Waals surface area contributed by atoms with E-state index in [9.17, 15) is 4.79 Å². The zero-order chi connectivity index (χ0) is 17.6. The highest BCUT2D eigenvalue weighted by atomic mass is 28.4. The summed E-state index contributed by atoms with van der Waals surface area (Å²) >= 11 is 0. The van der Waals surface area contributed by atoms with Crippen molar-refractivity contribution in [2.45, 2.75) is 65.0 Å². The van der Waals surface area contributed by atoms with Gasteiger partial charge in [-0.2, -0.15) is 0 Å². The van der Waals surface area contributed by atoms with E-state index in [1.54, 1.807) is 6.92 Å². The Morgan fingerprint density at radius 2 is 1.55 bits per heavy atom. The summed E-state index contributed by atoms with van der Waals surface area (Å²) in [7, 11) is -3.16. The second-order valence-corrected chi connectivity index (χ2v) is 16.6. The van der Waals surface area contributed by atoms with E-state index in [1.165, 1.54) is 0 Å². The van der Waals surface area contributed by atoms with E-state index in [0.29, 0.717) is 35.5 Å². The van der Waals surface area contributed by atoms with Crippen molar-refractivity contribution in [3.63, 3.8) is 0 Å². The molecule has 22 heavy (non-hydrogen) atoms. The monoisotopic (exact) mass is 364 g/mol. The molecule has 0 atom stereocenters. The molecule has 5 nitrogen and oxygen atoms in total. The van der Waals surface area contributed by atoms with Crippen LogP contribution >= 0.6 is 0 Å². The van der Waals surface area contributed by atoms with Gasteiger partial charge in [-0.1, -0.05) is 6.58 Å². The maximum Gasteiger partial charge on any atom is 0.333 e. The van der Waals surface area contributed by atoms with Crippen LogP contribution in [0.5, 0.6) is 0 Å². The lowest BCUT2D eigenvalue weighted by Crippen LogP contribution is -2.51. The van der Waals surface area contributed by atoms with Crippen LogP contribution in [0.3, 0.4) is 0 Å². The molecule has 0 aromatic carbocycles. The molecule has 0 aromatic rings. The van der Waals surface area contributed by atoms with Gasteiger partial charge < -0.3 is 18.0 Å². The highest BCUT2D eigenvalue weighted by Gasteiger charge is 2.40. The minimum absolute atomic E-state index is 0.308. The van der Waals surface area contributed by atoms with Crippen LogP contribution in [-0.4, -0.2) is 45.7 Å². The topological polar surface area (TPSA) is 54.0 Å². The van der Waals surface area contributed by atoms with Crippen molar-refractivity contribution >= 4 is 33.1 Å². The second-order valence-electron chi connectivity index (χ2n) is 7.34. The Hall–Kier alpha value is -0.259. The highest BCUT2D eigenvalue weighted by Crippen LogP contribution is 2.29. The van der Waals surface area contributed by atoms with Gasteiger partial charge in [0.1, 0.15) is 0 Å². The molecule has 0 bridgehead atoms. The Bertz CT molecular complexity index is 369. The largest absolute Gasteiger partial charge is 0.462 e. The maximum atomic E-state index is 11.4. The molecule has 0 rings (SSSR count). The van der Waals surface area contributed by atoms with Gasteiger partial charge in [-0.25, -0.2) is 4.79 Å². The first-order chi connectivity index (χ1) is 9.80. The van der Waals surface area contributed by atoms with Crippen molar-refractivity contribution in [2.75, 3.05) is 6.61 Å². The van der Waals surface area contributed by atoms with Crippen molar-refractivity contribution in [1.29, 1.82) is 0 Å². The summed E-state index contributed by atoms with van der Waals surface area (Å²) in [6, 6.07) is 0.